The summed E-state index contributed by atoms with van der Waals surface area (Å²) in [6, 6.07) is 9.39. The average molecular weight is 390 g/mol. The van der Waals surface area contributed by atoms with Gasteiger partial charge in [-0.2, -0.15) is 0 Å². The van der Waals surface area contributed by atoms with E-state index in [1.54, 1.807) is 6.07 Å². The average Bonchev–Trinajstić information content (AvgIpc) is 2.31. The highest BCUT2D eigenvalue weighted by Gasteiger charge is 2.12. The summed E-state index contributed by atoms with van der Waals surface area (Å²) < 4.78 is 14.1. The van der Waals surface area contributed by atoms with E-state index >= 15 is 0 Å². The molecule has 1 amide bonds. The molecule has 0 aromatic heterocycles. The Kier molecular flexibility index (Phi) is 4.42. The summed E-state index contributed by atoms with van der Waals surface area (Å²) in [4.78, 5) is 12.1. The molecule has 0 bridgehead atoms. The van der Waals surface area contributed by atoms with Gasteiger partial charge in [0.1, 0.15) is 5.82 Å². The Bertz CT molecular complexity index is 625. The Labute approximate surface area is 129 Å². The SMILES string of the molecule is Cc1cccc(C(=O)Nc2cc(F)cc(Cl)c2)c1I. The fraction of sp³-hybridized carbons (Fsp3) is 0.0714. The smallest absolute Gasteiger partial charge is 0.256 e. The summed E-state index contributed by atoms with van der Waals surface area (Å²) in [5.74, 6) is -0.767. The molecule has 5 heteroatoms. The van der Waals surface area contributed by atoms with E-state index in [4.69, 9.17) is 11.6 Å². The zero-order chi connectivity index (χ0) is 14.0. The molecule has 2 aromatic carbocycles. The third-order valence-electron chi connectivity index (χ3n) is 2.56. The maximum absolute atomic E-state index is 13.2. The van der Waals surface area contributed by atoms with Crippen molar-refractivity contribution in [3.05, 3.63) is 61.9 Å². The van der Waals surface area contributed by atoms with E-state index in [2.05, 4.69) is 27.9 Å². The first-order valence-corrected chi connectivity index (χ1v) is 6.95. The molecule has 0 saturated carbocycles. The highest BCUT2D eigenvalue weighted by Crippen LogP contribution is 2.21. The molecule has 2 aromatic rings. The van der Waals surface area contributed by atoms with Crippen LogP contribution in [0.1, 0.15) is 15.9 Å². The molecule has 0 atom stereocenters. The molecular weight excluding hydrogens is 380 g/mol. The van der Waals surface area contributed by atoms with Crippen LogP contribution < -0.4 is 5.32 Å². The van der Waals surface area contributed by atoms with Crippen molar-refractivity contribution >= 4 is 45.8 Å². The molecule has 0 spiro atoms. The Hall–Kier alpha value is -1.14. The summed E-state index contributed by atoms with van der Waals surface area (Å²) >= 11 is 7.86. The van der Waals surface area contributed by atoms with Crippen molar-refractivity contribution in [3.8, 4) is 0 Å². The van der Waals surface area contributed by atoms with Crippen molar-refractivity contribution in [2.75, 3.05) is 5.32 Å². The van der Waals surface area contributed by atoms with Gasteiger partial charge in [-0.05, 0) is 59.3 Å². The molecule has 2 rings (SSSR count). The molecule has 0 heterocycles. The van der Waals surface area contributed by atoms with E-state index < -0.39 is 5.82 Å². The molecular formula is C14H10ClFINO. The van der Waals surface area contributed by atoms with E-state index in [1.807, 2.05) is 19.1 Å². The molecule has 0 fully saturated rings. The molecule has 0 unspecified atom stereocenters. The summed E-state index contributed by atoms with van der Waals surface area (Å²) in [6.07, 6.45) is 0. The van der Waals surface area contributed by atoms with Crippen molar-refractivity contribution in [3.63, 3.8) is 0 Å². The molecule has 98 valence electrons. The Balaban J connectivity index is 2.28. The summed E-state index contributed by atoms with van der Waals surface area (Å²) in [6.45, 7) is 1.93. The zero-order valence-corrected chi connectivity index (χ0v) is 12.9. The molecule has 1 N–H and O–H groups in total. The lowest BCUT2D eigenvalue weighted by molar-refractivity contribution is 0.102. The van der Waals surface area contributed by atoms with Crippen LogP contribution in [0.2, 0.25) is 5.02 Å². The van der Waals surface area contributed by atoms with Crippen LogP contribution in [0.5, 0.6) is 0 Å². The van der Waals surface area contributed by atoms with Gasteiger partial charge in [-0.1, -0.05) is 23.7 Å². The van der Waals surface area contributed by atoms with Crippen molar-refractivity contribution in [2.24, 2.45) is 0 Å². The number of carbonyl (C=O) groups is 1. The number of rotatable bonds is 2. The van der Waals surface area contributed by atoms with E-state index in [-0.39, 0.29) is 10.9 Å². The van der Waals surface area contributed by atoms with Gasteiger partial charge in [0.05, 0.1) is 5.56 Å². The molecule has 0 aliphatic heterocycles. The number of nitrogens with one attached hydrogen (secondary N) is 1. The number of hydrogen-bond donors (Lipinski definition) is 1. The summed E-state index contributed by atoms with van der Waals surface area (Å²) in [7, 11) is 0. The first-order valence-electron chi connectivity index (χ1n) is 5.50. The topological polar surface area (TPSA) is 29.1 Å². The molecule has 2 nitrogen and oxygen atoms in total. The molecule has 0 aliphatic carbocycles. The highest BCUT2D eigenvalue weighted by molar-refractivity contribution is 14.1. The minimum atomic E-state index is -0.485. The van der Waals surface area contributed by atoms with Crippen molar-refractivity contribution in [1.82, 2.24) is 0 Å². The fourth-order valence-electron chi connectivity index (χ4n) is 1.65. The molecule has 0 saturated heterocycles. The van der Waals surface area contributed by atoms with Crippen LogP contribution >= 0.6 is 34.2 Å². The first-order chi connectivity index (χ1) is 8.97. The number of halogens is 3. The summed E-state index contributed by atoms with van der Waals surface area (Å²) in [5, 5.41) is 2.88. The van der Waals surface area contributed by atoms with Gasteiger partial charge in [0, 0.05) is 14.3 Å². The van der Waals surface area contributed by atoms with Gasteiger partial charge < -0.3 is 5.32 Å². The van der Waals surface area contributed by atoms with Gasteiger partial charge in [-0.15, -0.1) is 0 Å². The predicted octanol–water partition coefficient (Wildman–Crippen LogP) is 4.64. The lowest BCUT2D eigenvalue weighted by atomic mass is 10.1. The quantitative estimate of drug-likeness (QED) is 0.745. The maximum Gasteiger partial charge on any atom is 0.256 e. The number of hydrogen-bond acceptors (Lipinski definition) is 1. The van der Waals surface area contributed by atoms with Gasteiger partial charge >= 0.3 is 0 Å². The Morgan fingerprint density at radius 3 is 2.74 bits per heavy atom. The largest absolute Gasteiger partial charge is 0.322 e. The second-order valence-corrected chi connectivity index (χ2v) is 5.56. The van der Waals surface area contributed by atoms with Crippen LogP contribution in [0.25, 0.3) is 0 Å². The van der Waals surface area contributed by atoms with Crippen LogP contribution in [-0.2, 0) is 0 Å². The number of benzene rings is 2. The third-order valence-corrected chi connectivity index (χ3v) is 4.21. The molecule has 0 radical (unpaired) electrons. The van der Waals surface area contributed by atoms with Gasteiger partial charge in [0.2, 0.25) is 0 Å². The number of aryl methyl sites for hydroxylation is 1. The standard InChI is InChI=1S/C14H10ClFINO/c1-8-3-2-4-12(13(8)17)14(19)18-11-6-9(15)5-10(16)7-11/h2-7H,1H3,(H,18,19). The van der Waals surface area contributed by atoms with E-state index in [0.717, 1.165) is 9.13 Å². The van der Waals surface area contributed by atoms with E-state index in [0.29, 0.717) is 11.3 Å². The molecule has 19 heavy (non-hydrogen) atoms. The van der Waals surface area contributed by atoms with Crippen LogP contribution in [0.15, 0.2) is 36.4 Å². The predicted molar refractivity (Wildman–Crippen MR) is 83.3 cm³/mol. The number of anilines is 1. The normalized spacial score (nSPS) is 10.3. The zero-order valence-electron chi connectivity index (χ0n) is 10.0. The third kappa shape index (κ3) is 3.45. The van der Waals surface area contributed by atoms with E-state index in [1.165, 1.54) is 18.2 Å². The number of carbonyl (C=O) groups excluding carboxylic acids is 1. The van der Waals surface area contributed by atoms with Crippen LogP contribution in [0.3, 0.4) is 0 Å². The van der Waals surface area contributed by atoms with Gasteiger partial charge in [-0.3, -0.25) is 4.79 Å². The van der Waals surface area contributed by atoms with Crippen LogP contribution in [0, 0.1) is 16.3 Å². The van der Waals surface area contributed by atoms with Gasteiger partial charge in [0.15, 0.2) is 0 Å². The van der Waals surface area contributed by atoms with Crippen LogP contribution in [0.4, 0.5) is 10.1 Å². The van der Waals surface area contributed by atoms with Crippen LogP contribution in [-0.4, -0.2) is 5.91 Å². The van der Waals surface area contributed by atoms with Crippen molar-refractivity contribution in [1.29, 1.82) is 0 Å². The number of amides is 1. The second kappa shape index (κ2) is 5.88. The van der Waals surface area contributed by atoms with Gasteiger partial charge in [-0.25, -0.2) is 4.39 Å². The highest BCUT2D eigenvalue weighted by atomic mass is 127. The first kappa shape index (κ1) is 14.3. The van der Waals surface area contributed by atoms with E-state index in [9.17, 15) is 9.18 Å². The van der Waals surface area contributed by atoms with Crippen molar-refractivity contribution < 1.29 is 9.18 Å². The second-order valence-electron chi connectivity index (χ2n) is 4.05. The minimum absolute atomic E-state index is 0.245. The lowest BCUT2D eigenvalue weighted by Crippen LogP contribution is -2.14. The van der Waals surface area contributed by atoms with Gasteiger partial charge in [0.25, 0.3) is 5.91 Å². The lowest BCUT2D eigenvalue weighted by Gasteiger charge is -2.09. The maximum atomic E-state index is 13.2. The van der Waals surface area contributed by atoms with Crippen molar-refractivity contribution in [2.45, 2.75) is 6.92 Å². The Morgan fingerprint density at radius 2 is 2.05 bits per heavy atom. The molecule has 0 aliphatic rings. The summed E-state index contributed by atoms with van der Waals surface area (Å²) in [5.41, 5.74) is 1.92. The monoisotopic (exact) mass is 389 g/mol. The Morgan fingerprint density at radius 1 is 1.32 bits per heavy atom. The fourth-order valence-corrected chi connectivity index (χ4v) is 2.47. The minimum Gasteiger partial charge on any atom is -0.322 e.